The number of benzene rings is 2. The molecule has 0 aliphatic heterocycles. The summed E-state index contributed by atoms with van der Waals surface area (Å²) in [6.45, 7) is 4.64. The molecule has 0 radical (unpaired) electrons. The van der Waals surface area contributed by atoms with Gasteiger partial charge in [0.25, 0.3) is 0 Å². The molecule has 29 heavy (non-hydrogen) atoms. The molecular weight excluding hydrogens is 410 g/mol. The summed E-state index contributed by atoms with van der Waals surface area (Å²) in [5, 5.41) is 9.90. The number of thioether (sulfide) groups is 1. The van der Waals surface area contributed by atoms with Crippen LogP contribution in [0.3, 0.4) is 0 Å². The second-order valence-corrected chi connectivity index (χ2v) is 9.29. The number of nitrogens with two attached hydrogens (primary N) is 1. The number of nitrogens with zero attached hydrogens (tertiary/aromatic N) is 4. The Labute approximate surface area is 172 Å². The molecule has 1 atom stereocenters. The molecule has 0 bridgehead atoms. The van der Waals surface area contributed by atoms with Gasteiger partial charge in [-0.05, 0) is 32.0 Å². The number of hydrogen-bond donors (Lipinski definition) is 1. The van der Waals surface area contributed by atoms with Crippen molar-refractivity contribution in [1.29, 1.82) is 0 Å². The highest BCUT2D eigenvalue weighted by atomic mass is 32.2. The maximum absolute atomic E-state index is 11.6. The zero-order chi connectivity index (χ0) is 20.6. The van der Waals surface area contributed by atoms with Gasteiger partial charge in [-0.3, -0.25) is 0 Å². The minimum atomic E-state index is -3.78. The molecule has 2 heterocycles. The Kier molecular flexibility index (Phi) is 5.15. The van der Waals surface area contributed by atoms with Gasteiger partial charge in [-0.1, -0.05) is 47.3 Å². The van der Waals surface area contributed by atoms with Crippen molar-refractivity contribution in [2.45, 2.75) is 35.7 Å². The molecule has 150 valence electrons. The number of aryl methyl sites for hydroxylation is 1. The van der Waals surface area contributed by atoms with E-state index in [1.165, 1.54) is 23.9 Å². The van der Waals surface area contributed by atoms with E-state index < -0.39 is 10.0 Å². The first-order chi connectivity index (χ1) is 13.9. The van der Waals surface area contributed by atoms with Gasteiger partial charge in [0.05, 0.1) is 21.2 Å². The monoisotopic (exact) mass is 429 g/mol. The predicted octanol–water partition coefficient (Wildman–Crippen LogP) is 3.61. The standard InChI is InChI=1S/C19H19N5O3S2/c1-3-24-16-10-9-14(29(20,25)26)11-15(16)21-19(24)28-12(2)18-22-17(23-27-18)13-7-5-4-6-8-13/h4-12H,3H2,1-2H3,(H2,20,25,26). The maximum atomic E-state index is 11.6. The minimum absolute atomic E-state index is 0.0414. The second-order valence-electron chi connectivity index (χ2n) is 6.42. The average molecular weight is 430 g/mol. The van der Waals surface area contributed by atoms with Crippen LogP contribution >= 0.6 is 11.8 Å². The van der Waals surface area contributed by atoms with Crippen LogP contribution in [-0.2, 0) is 16.6 Å². The number of imidazole rings is 1. The van der Waals surface area contributed by atoms with Gasteiger partial charge in [-0.2, -0.15) is 4.98 Å². The quantitative estimate of drug-likeness (QED) is 0.465. The Hall–Kier alpha value is -2.69. The fourth-order valence-electron chi connectivity index (χ4n) is 2.97. The average Bonchev–Trinajstić information content (AvgIpc) is 3.32. The molecule has 0 spiro atoms. The fourth-order valence-corrected chi connectivity index (χ4v) is 4.53. The van der Waals surface area contributed by atoms with Crippen molar-refractivity contribution in [3.05, 3.63) is 54.4 Å². The van der Waals surface area contributed by atoms with Crippen molar-refractivity contribution in [3.63, 3.8) is 0 Å². The van der Waals surface area contributed by atoms with E-state index in [9.17, 15) is 8.42 Å². The van der Waals surface area contributed by atoms with Gasteiger partial charge >= 0.3 is 0 Å². The Balaban J connectivity index is 1.64. The third kappa shape index (κ3) is 3.91. The summed E-state index contributed by atoms with van der Waals surface area (Å²) >= 11 is 1.47. The van der Waals surface area contributed by atoms with Gasteiger partial charge in [0.15, 0.2) is 5.16 Å². The van der Waals surface area contributed by atoms with Crippen LogP contribution < -0.4 is 5.14 Å². The summed E-state index contributed by atoms with van der Waals surface area (Å²) < 4.78 is 30.7. The summed E-state index contributed by atoms with van der Waals surface area (Å²) in [7, 11) is -3.78. The van der Waals surface area contributed by atoms with Crippen LogP contribution in [-0.4, -0.2) is 28.1 Å². The Morgan fingerprint density at radius 1 is 1.17 bits per heavy atom. The van der Waals surface area contributed by atoms with Crippen molar-refractivity contribution in [1.82, 2.24) is 19.7 Å². The summed E-state index contributed by atoms with van der Waals surface area (Å²) in [6, 6.07) is 14.3. The van der Waals surface area contributed by atoms with E-state index in [0.29, 0.717) is 23.8 Å². The van der Waals surface area contributed by atoms with Crippen LogP contribution in [0.2, 0.25) is 0 Å². The molecule has 2 aromatic heterocycles. The number of rotatable bonds is 6. The fraction of sp³-hybridized carbons (Fsp3) is 0.211. The summed E-state index contributed by atoms with van der Waals surface area (Å²) in [5.41, 5.74) is 2.30. The van der Waals surface area contributed by atoms with Crippen molar-refractivity contribution < 1.29 is 12.9 Å². The van der Waals surface area contributed by atoms with Gasteiger partial charge < -0.3 is 9.09 Å². The van der Waals surface area contributed by atoms with Crippen molar-refractivity contribution in [3.8, 4) is 11.4 Å². The normalized spacial score (nSPS) is 13.1. The molecule has 0 fully saturated rings. The van der Waals surface area contributed by atoms with Crippen LogP contribution in [0.4, 0.5) is 0 Å². The molecule has 0 amide bonds. The topological polar surface area (TPSA) is 117 Å². The van der Waals surface area contributed by atoms with E-state index in [2.05, 4.69) is 15.1 Å². The van der Waals surface area contributed by atoms with Gasteiger partial charge in [-0.15, -0.1) is 0 Å². The highest BCUT2D eigenvalue weighted by Gasteiger charge is 2.21. The molecule has 4 aromatic rings. The molecule has 10 heteroatoms. The lowest BCUT2D eigenvalue weighted by Gasteiger charge is -2.08. The molecule has 1 unspecified atom stereocenters. The zero-order valence-corrected chi connectivity index (χ0v) is 17.4. The van der Waals surface area contributed by atoms with E-state index in [1.54, 1.807) is 6.07 Å². The lowest BCUT2D eigenvalue weighted by Crippen LogP contribution is -2.11. The summed E-state index contributed by atoms with van der Waals surface area (Å²) in [6.07, 6.45) is 0. The lowest BCUT2D eigenvalue weighted by molar-refractivity contribution is 0.380. The third-order valence-electron chi connectivity index (χ3n) is 4.43. The summed E-state index contributed by atoms with van der Waals surface area (Å²) in [4.78, 5) is 9.15. The van der Waals surface area contributed by atoms with E-state index in [0.717, 1.165) is 16.2 Å². The molecule has 2 aromatic carbocycles. The molecular formula is C19H19N5O3S2. The minimum Gasteiger partial charge on any atom is -0.338 e. The van der Waals surface area contributed by atoms with Gasteiger partial charge in [0.1, 0.15) is 0 Å². The third-order valence-corrected chi connectivity index (χ3v) is 6.42. The number of hydrogen-bond acceptors (Lipinski definition) is 7. The number of fused-ring (bicyclic) bond motifs is 1. The van der Waals surface area contributed by atoms with Gasteiger partial charge in [-0.25, -0.2) is 18.5 Å². The number of aromatic nitrogens is 4. The van der Waals surface area contributed by atoms with Crippen LogP contribution in [0.1, 0.15) is 25.0 Å². The van der Waals surface area contributed by atoms with Crippen LogP contribution in [0.25, 0.3) is 22.4 Å². The van der Waals surface area contributed by atoms with Crippen molar-refractivity contribution >= 4 is 32.8 Å². The SMILES string of the molecule is CCn1c(SC(C)c2nc(-c3ccccc3)no2)nc2cc(S(N)(=O)=O)ccc21. The Morgan fingerprint density at radius 2 is 1.93 bits per heavy atom. The maximum Gasteiger partial charge on any atom is 0.240 e. The number of sulfonamides is 1. The van der Waals surface area contributed by atoms with Gasteiger partial charge in [0, 0.05) is 12.1 Å². The Morgan fingerprint density at radius 3 is 2.62 bits per heavy atom. The summed E-state index contributed by atoms with van der Waals surface area (Å²) in [5.74, 6) is 1.03. The lowest BCUT2D eigenvalue weighted by atomic mass is 10.2. The largest absolute Gasteiger partial charge is 0.338 e. The van der Waals surface area contributed by atoms with E-state index in [4.69, 9.17) is 9.66 Å². The first-order valence-electron chi connectivity index (χ1n) is 8.95. The first kappa shape index (κ1) is 19.6. The van der Waals surface area contributed by atoms with E-state index >= 15 is 0 Å². The van der Waals surface area contributed by atoms with Crippen molar-refractivity contribution in [2.24, 2.45) is 5.14 Å². The molecule has 0 saturated heterocycles. The van der Waals surface area contributed by atoms with Crippen molar-refractivity contribution in [2.75, 3.05) is 0 Å². The first-order valence-corrected chi connectivity index (χ1v) is 11.4. The highest BCUT2D eigenvalue weighted by molar-refractivity contribution is 7.99. The highest BCUT2D eigenvalue weighted by Crippen LogP contribution is 2.36. The molecule has 8 nitrogen and oxygen atoms in total. The van der Waals surface area contributed by atoms with Gasteiger partial charge in [0.2, 0.25) is 21.7 Å². The van der Waals surface area contributed by atoms with E-state index in [-0.39, 0.29) is 10.1 Å². The molecule has 0 aliphatic rings. The molecule has 2 N–H and O–H groups in total. The van der Waals surface area contributed by atoms with E-state index in [1.807, 2.05) is 48.7 Å². The molecule has 0 aliphatic carbocycles. The van der Waals surface area contributed by atoms with Crippen LogP contribution in [0, 0.1) is 0 Å². The molecule has 4 rings (SSSR count). The molecule has 0 saturated carbocycles. The number of primary sulfonamides is 1. The zero-order valence-electron chi connectivity index (χ0n) is 15.8. The Bertz CT molecular complexity index is 1270. The predicted molar refractivity (Wildman–Crippen MR) is 111 cm³/mol. The second kappa shape index (κ2) is 7.62. The smallest absolute Gasteiger partial charge is 0.240 e. The van der Waals surface area contributed by atoms with Crippen LogP contribution in [0.15, 0.2) is 63.1 Å². The van der Waals surface area contributed by atoms with Crippen LogP contribution in [0.5, 0.6) is 0 Å².